The number of aromatic amines is 1. The van der Waals surface area contributed by atoms with E-state index in [1.54, 1.807) is 20.2 Å². The first-order chi connectivity index (χ1) is 15.0. The summed E-state index contributed by atoms with van der Waals surface area (Å²) in [7, 11) is 3.33. The summed E-state index contributed by atoms with van der Waals surface area (Å²) in [6, 6.07) is 9.68. The molecule has 9 heteroatoms. The molecule has 9 nitrogen and oxygen atoms in total. The lowest BCUT2D eigenvalue weighted by Crippen LogP contribution is -2.38. The van der Waals surface area contributed by atoms with E-state index >= 15 is 0 Å². The van der Waals surface area contributed by atoms with Crippen molar-refractivity contribution in [1.82, 2.24) is 29.4 Å². The maximum Gasteiger partial charge on any atom is 0.345 e. The topological polar surface area (TPSA) is 98.0 Å². The van der Waals surface area contributed by atoms with Crippen LogP contribution < -0.4 is 10.4 Å². The van der Waals surface area contributed by atoms with Gasteiger partial charge in [0.2, 0.25) is 0 Å². The minimum atomic E-state index is -0.0549. The summed E-state index contributed by atoms with van der Waals surface area (Å²) >= 11 is 0. The van der Waals surface area contributed by atoms with Crippen molar-refractivity contribution in [2.75, 3.05) is 20.2 Å². The molecule has 1 amide bonds. The van der Waals surface area contributed by atoms with Gasteiger partial charge in [0.05, 0.1) is 12.8 Å². The third-order valence-electron chi connectivity index (χ3n) is 6.22. The number of aromatic nitrogens is 5. The SMILES string of the molecule is COc1cccc(-c2cc(C(=O)N3CCC(c4nn(C)c(=O)n4C4CC4)CC3)[nH]n2)c1. The van der Waals surface area contributed by atoms with Crippen LogP contribution >= 0.6 is 0 Å². The van der Waals surface area contributed by atoms with Crippen molar-refractivity contribution < 1.29 is 9.53 Å². The smallest absolute Gasteiger partial charge is 0.345 e. The van der Waals surface area contributed by atoms with E-state index in [4.69, 9.17) is 4.74 Å². The highest BCUT2D eigenvalue weighted by molar-refractivity contribution is 5.93. The zero-order chi connectivity index (χ0) is 21.5. The fourth-order valence-electron chi connectivity index (χ4n) is 4.33. The number of hydrogen-bond donors (Lipinski definition) is 1. The first-order valence-corrected chi connectivity index (χ1v) is 10.7. The van der Waals surface area contributed by atoms with Gasteiger partial charge in [0.25, 0.3) is 5.91 Å². The summed E-state index contributed by atoms with van der Waals surface area (Å²) in [6.45, 7) is 1.26. The molecule has 0 spiro atoms. The number of benzene rings is 1. The van der Waals surface area contributed by atoms with Gasteiger partial charge in [0.1, 0.15) is 17.3 Å². The maximum absolute atomic E-state index is 13.0. The largest absolute Gasteiger partial charge is 0.497 e. The molecule has 1 aromatic carbocycles. The molecular weight excluding hydrogens is 396 g/mol. The molecule has 0 unspecified atom stereocenters. The number of carbonyl (C=O) groups excluding carboxylic acids is 1. The van der Waals surface area contributed by atoms with Gasteiger partial charge in [0, 0.05) is 37.7 Å². The molecule has 0 atom stereocenters. The van der Waals surface area contributed by atoms with Crippen LogP contribution in [0.4, 0.5) is 0 Å². The van der Waals surface area contributed by atoms with Gasteiger partial charge in [-0.05, 0) is 43.9 Å². The first kappa shape index (κ1) is 19.6. The van der Waals surface area contributed by atoms with Crippen LogP contribution in [0.1, 0.15) is 54.0 Å². The van der Waals surface area contributed by atoms with Gasteiger partial charge in [-0.2, -0.15) is 10.2 Å². The maximum atomic E-state index is 13.0. The fourth-order valence-corrected chi connectivity index (χ4v) is 4.33. The van der Waals surface area contributed by atoms with E-state index in [9.17, 15) is 9.59 Å². The van der Waals surface area contributed by atoms with Gasteiger partial charge in [0.15, 0.2) is 0 Å². The number of aryl methyl sites for hydroxylation is 1. The third-order valence-corrected chi connectivity index (χ3v) is 6.22. The minimum Gasteiger partial charge on any atom is -0.497 e. The van der Waals surface area contributed by atoms with E-state index in [1.807, 2.05) is 33.7 Å². The lowest BCUT2D eigenvalue weighted by Gasteiger charge is -2.31. The average Bonchev–Trinajstić information content (AvgIpc) is 3.43. The molecule has 31 heavy (non-hydrogen) atoms. The van der Waals surface area contributed by atoms with Crippen molar-refractivity contribution in [3.05, 3.63) is 52.3 Å². The Morgan fingerprint density at radius 2 is 1.94 bits per heavy atom. The minimum absolute atomic E-state index is 0.0291. The Morgan fingerprint density at radius 1 is 1.16 bits per heavy atom. The van der Waals surface area contributed by atoms with Gasteiger partial charge in [-0.3, -0.25) is 14.5 Å². The Balaban J connectivity index is 1.27. The molecule has 3 aromatic rings. The van der Waals surface area contributed by atoms with Crippen LogP contribution in [0, 0.1) is 0 Å². The summed E-state index contributed by atoms with van der Waals surface area (Å²) in [4.78, 5) is 27.3. The summed E-state index contributed by atoms with van der Waals surface area (Å²) in [5, 5.41) is 11.7. The second kappa shape index (κ2) is 7.72. The lowest BCUT2D eigenvalue weighted by atomic mass is 9.95. The number of carbonyl (C=O) groups is 1. The number of nitrogens with one attached hydrogen (secondary N) is 1. The van der Waals surface area contributed by atoms with Gasteiger partial charge in [-0.25, -0.2) is 9.48 Å². The van der Waals surface area contributed by atoms with Crippen LogP contribution in [0.15, 0.2) is 35.1 Å². The molecular formula is C22H26N6O3. The lowest BCUT2D eigenvalue weighted by molar-refractivity contribution is 0.0704. The Bertz CT molecular complexity index is 1160. The van der Waals surface area contributed by atoms with Crippen LogP contribution in [-0.4, -0.2) is 55.6 Å². The highest BCUT2D eigenvalue weighted by Gasteiger charge is 2.34. The molecule has 1 saturated heterocycles. The molecule has 1 N–H and O–H groups in total. The standard InChI is InChI=1S/C22H26N6O3/c1-26-22(30)28(16-6-7-16)20(25-26)14-8-10-27(11-9-14)21(29)19-13-18(23-24-19)15-4-3-5-17(12-15)31-2/h3-5,12-14,16H,6-11H2,1-2H3,(H,23,24). The molecule has 162 valence electrons. The van der Waals surface area contributed by atoms with Gasteiger partial charge < -0.3 is 9.64 Å². The van der Waals surface area contributed by atoms with Gasteiger partial charge in [-0.1, -0.05) is 12.1 Å². The molecule has 2 aromatic heterocycles. The number of H-pyrrole nitrogens is 1. The van der Waals surface area contributed by atoms with Crippen molar-refractivity contribution in [3.63, 3.8) is 0 Å². The predicted molar refractivity (Wildman–Crippen MR) is 114 cm³/mol. The predicted octanol–water partition coefficient (Wildman–Crippen LogP) is 2.34. The number of methoxy groups -OCH3 is 1. The molecule has 1 aliphatic carbocycles. The summed E-state index contributed by atoms with van der Waals surface area (Å²) in [5.41, 5.74) is 2.04. The molecule has 1 saturated carbocycles. The normalized spacial score (nSPS) is 17.2. The zero-order valence-corrected chi connectivity index (χ0v) is 17.7. The Labute approximate surface area is 179 Å². The van der Waals surface area contributed by atoms with Crippen LogP contribution in [0.2, 0.25) is 0 Å². The number of hydrogen-bond acceptors (Lipinski definition) is 5. The third kappa shape index (κ3) is 3.64. The fraction of sp³-hybridized carbons (Fsp3) is 0.455. The zero-order valence-electron chi connectivity index (χ0n) is 17.7. The van der Waals surface area contributed by atoms with E-state index in [2.05, 4.69) is 15.3 Å². The quantitative estimate of drug-likeness (QED) is 0.681. The van der Waals surface area contributed by atoms with Gasteiger partial charge >= 0.3 is 5.69 Å². The average molecular weight is 422 g/mol. The summed E-state index contributed by atoms with van der Waals surface area (Å²) in [6.07, 6.45) is 3.69. The van der Waals surface area contributed by atoms with Crippen LogP contribution in [0.3, 0.4) is 0 Å². The van der Waals surface area contributed by atoms with Crippen molar-refractivity contribution in [3.8, 4) is 17.0 Å². The molecule has 1 aliphatic heterocycles. The Kier molecular flexibility index (Phi) is 4.88. The van der Waals surface area contributed by atoms with Crippen molar-refractivity contribution in [2.45, 2.75) is 37.6 Å². The Hall–Kier alpha value is -3.36. The number of amides is 1. The molecule has 3 heterocycles. The highest BCUT2D eigenvalue weighted by atomic mass is 16.5. The van der Waals surface area contributed by atoms with E-state index in [-0.39, 0.29) is 17.5 Å². The van der Waals surface area contributed by atoms with Crippen molar-refractivity contribution in [1.29, 1.82) is 0 Å². The number of piperidine rings is 1. The monoisotopic (exact) mass is 422 g/mol. The van der Waals surface area contributed by atoms with E-state index in [0.717, 1.165) is 42.8 Å². The van der Waals surface area contributed by atoms with E-state index < -0.39 is 0 Å². The van der Waals surface area contributed by atoms with Gasteiger partial charge in [-0.15, -0.1) is 0 Å². The van der Waals surface area contributed by atoms with E-state index in [1.165, 1.54) is 4.68 Å². The Morgan fingerprint density at radius 3 is 2.65 bits per heavy atom. The molecule has 0 radical (unpaired) electrons. The number of likely N-dealkylation sites (tertiary alicyclic amines) is 1. The van der Waals surface area contributed by atoms with E-state index in [0.29, 0.717) is 30.5 Å². The van der Waals surface area contributed by atoms with Crippen molar-refractivity contribution in [2.24, 2.45) is 7.05 Å². The van der Waals surface area contributed by atoms with Crippen LogP contribution in [0.5, 0.6) is 5.75 Å². The number of ether oxygens (including phenoxy) is 1. The molecule has 2 aliphatic rings. The molecule has 2 fully saturated rings. The van der Waals surface area contributed by atoms with Crippen LogP contribution in [0.25, 0.3) is 11.3 Å². The summed E-state index contributed by atoms with van der Waals surface area (Å²) < 4.78 is 8.58. The first-order valence-electron chi connectivity index (χ1n) is 10.7. The van der Waals surface area contributed by atoms with Crippen LogP contribution in [-0.2, 0) is 7.05 Å². The second-order valence-corrected chi connectivity index (χ2v) is 8.33. The molecule has 0 bridgehead atoms. The molecule has 5 rings (SSSR count). The number of rotatable bonds is 5. The second-order valence-electron chi connectivity index (χ2n) is 8.33. The number of nitrogens with zero attached hydrogens (tertiary/aromatic N) is 5. The summed E-state index contributed by atoms with van der Waals surface area (Å²) in [5.74, 6) is 1.77. The van der Waals surface area contributed by atoms with Crippen molar-refractivity contribution >= 4 is 5.91 Å². The highest BCUT2D eigenvalue weighted by Crippen LogP contribution is 2.37.